The minimum Gasteiger partial charge on any atom is -0.351 e. The molecule has 132 valence electrons. The zero-order chi connectivity index (χ0) is 17.7. The molecule has 0 aliphatic carbocycles. The highest BCUT2D eigenvalue weighted by molar-refractivity contribution is 5.81. The summed E-state index contributed by atoms with van der Waals surface area (Å²) >= 11 is 0. The van der Waals surface area contributed by atoms with E-state index in [2.05, 4.69) is 5.32 Å². The van der Waals surface area contributed by atoms with Crippen LogP contribution in [0.3, 0.4) is 0 Å². The van der Waals surface area contributed by atoms with Gasteiger partial charge in [0.25, 0.3) is 0 Å². The summed E-state index contributed by atoms with van der Waals surface area (Å²) in [5, 5.41) is 2.74. The van der Waals surface area contributed by atoms with Crippen LogP contribution in [0.15, 0.2) is 24.3 Å². The van der Waals surface area contributed by atoms with E-state index in [4.69, 9.17) is 0 Å². The summed E-state index contributed by atoms with van der Waals surface area (Å²) in [6.07, 6.45) is 0. The Hall–Kier alpha value is -1.95. The van der Waals surface area contributed by atoms with Crippen molar-refractivity contribution in [2.45, 2.75) is 27.3 Å². The molecule has 0 radical (unpaired) electrons. The Labute approximate surface area is 142 Å². The summed E-state index contributed by atoms with van der Waals surface area (Å²) in [5.74, 6) is -0.299. The van der Waals surface area contributed by atoms with Crippen molar-refractivity contribution >= 4 is 11.8 Å². The first kappa shape index (κ1) is 18.4. The number of nitrogens with one attached hydrogen (secondary N) is 1. The van der Waals surface area contributed by atoms with Gasteiger partial charge in [0.1, 0.15) is 5.82 Å². The smallest absolute Gasteiger partial charge is 0.234 e. The van der Waals surface area contributed by atoms with Crippen LogP contribution in [0.1, 0.15) is 26.3 Å². The van der Waals surface area contributed by atoms with Crippen molar-refractivity contribution in [1.29, 1.82) is 0 Å². The SMILES string of the molecule is CC(C)(C)C(=O)N1CCN(CC(=O)NCc2ccccc2F)CC1. The minimum absolute atomic E-state index is 0.131. The van der Waals surface area contributed by atoms with Crippen molar-refractivity contribution in [3.05, 3.63) is 35.6 Å². The number of benzene rings is 1. The highest BCUT2D eigenvalue weighted by Gasteiger charge is 2.29. The van der Waals surface area contributed by atoms with Crippen molar-refractivity contribution in [1.82, 2.24) is 15.1 Å². The van der Waals surface area contributed by atoms with Gasteiger partial charge in [-0.1, -0.05) is 39.0 Å². The average Bonchev–Trinajstić information content (AvgIpc) is 2.53. The van der Waals surface area contributed by atoms with Gasteiger partial charge in [-0.2, -0.15) is 0 Å². The minimum atomic E-state index is -0.376. The second kappa shape index (κ2) is 7.75. The molecule has 0 aromatic heterocycles. The molecule has 1 aliphatic rings. The molecule has 5 nitrogen and oxygen atoms in total. The molecule has 2 amide bonds. The van der Waals surface area contributed by atoms with Crippen LogP contribution in [-0.4, -0.2) is 54.3 Å². The van der Waals surface area contributed by atoms with Gasteiger partial charge in [-0.15, -0.1) is 0 Å². The molecule has 24 heavy (non-hydrogen) atoms. The Morgan fingerprint density at radius 1 is 1.12 bits per heavy atom. The quantitative estimate of drug-likeness (QED) is 0.910. The maximum Gasteiger partial charge on any atom is 0.234 e. The summed E-state index contributed by atoms with van der Waals surface area (Å²) in [7, 11) is 0. The number of piperazine rings is 1. The molecule has 0 saturated carbocycles. The Morgan fingerprint density at radius 3 is 2.33 bits per heavy atom. The van der Waals surface area contributed by atoms with E-state index in [-0.39, 0.29) is 36.1 Å². The number of carbonyl (C=O) groups is 2. The van der Waals surface area contributed by atoms with E-state index in [0.29, 0.717) is 31.7 Å². The van der Waals surface area contributed by atoms with Crippen molar-refractivity contribution in [3.8, 4) is 0 Å². The third kappa shape index (κ3) is 5.03. The predicted octanol–water partition coefficient (Wildman–Crippen LogP) is 1.63. The third-order valence-electron chi connectivity index (χ3n) is 4.10. The number of halogens is 1. The number of nitrogens with zero attached hydrogens (tertiary/aromatic N) is 2. The highest BCUT2D eigenvalue weighted by Crippen LogP contribution is 2.18. The number of rotatable bonds is 4. The fraction of sp³-hybridized carbons (Fsp3) is 0.556. The topological polar surface area (TPSA) is 52.7 Å². The van der Waals surface area contributed by atoms with E-state index in [1.807, 2.05) is 30.6 Å². The standard InChI is InChI=1S/C18H26FN3O2/c1-18(2,3)17(24)22-10-8-21(9-11-22)13-16(23)20-12-14-6-4-5-7-15(14)19/h4-7H,8-13H2,1-3H3,(H,20,23). The van der Waals surface area contributed by atoms with Crippen molar-refractivity contribution in [2.24, 2.45) is 5.41 Å². The maximum absolute atomic E-state index is 13.5. The lowest BCUT2D eigenvalue weighted by molar-refractivity contribution is -0.141. The summed E-state index contributed by atoms with van der Waals surface area (Å²) in [6, 6.07) is 6.41. The first-order valence-corrected chi connectivity index (χ1v) is 8.29. The van der Waals surface area contributed by atoms with Crippen LogP contribution in [-0.2, 0) is 16.1 Å². The van der Waals surface area contributed by atoms with Gasteiger partial charge in [0.2, 0.25) is 11.8 Å². The highest BCUT2D eigenvalue weighted by atomic mass is 19.1. The number of amides is 2. The zero-order valence-corrected chi connectivity index (χ0v) is 14.6. The van der Waals surface area contributed by atoms with E-state index in [9.17, 15) is 14.0 Å². The van der Waals surface area contributed by atoms with Gasteiger partial charge in [-0.05, 0) is 6.07 Å². The molecule has 1 N–H and O–H groups in total. The second-order valence-electron chi connectivity index (χ2n) is 7.19. The summed E-state index contributed by atoms with van der Waals surface area (Å²) in [4.78, 5) is 28.1. The summed E-state index contributed by atoms with van der Waals surface area (Å²) < 4.78 is 13.5. The van der Waals surface area contributed by atoms with E-state index in [1.165, 1.54) is 6.07 Å². The second-order valence-corrected chi connectivity index (χ2v) is 7.19. The van der Waals surface area contributed by atoms with Crippen LogP contribution < -0.4 is 5.32 Å². The molecule has 0 atom stereocenters. The molecule has 1 heterocycles. The van der Waals surface area contributed by atoms with E-state index in [1.54, 1.807) is 18.2 Å². The molecule has 0 bridgehead atoms. The fourth-order valence-electron chi connectivity index (χ4n) is 2.68. The van der Waals surface area contributed by atoms with Gasteiger partial charge in [-0.3, -0.25) is 14.5 Å². The Bertz CT molecular complexity index is 590. The normalized spacial score (nSPS) is 16.1. The molecule has 1 fully saturated rings. The lowest BCUT2D eigenvalue weighted by Gasteiger charge is -2.37. The lowest BCUT2D eigenvalue weighted by atomic mass is 9.94. The largest absolute Gasteiger partial charge is 0.351 e. The van der Waals surface area contributed by atoms with Crippen LogP contribution in [0.2, 0.25) is 0 Å². The maximum atomic E-state index is 13.5. The van der Waals surface area contributed by atoms with Crippen molar-refractivity contribution < 1.29 is 14.0 Å². The van der Waals surface area contributed by atoms with Gasteiger partial charge >= 0.3 is 0 Å². The molecule has 1 aliphatic heterocycles. The van der Waals surface area contributed by atoms with E-state index < -0.39 is 0 Å². The van der Waals surface area contributed by atoms with Crippen molar-refractivity contribution in [3.63, 3.8) is 0 Å². The first-order chi connectivity index (χ1) is 11.3. The van der Waals surface area contributed by atoms with Gasteiger partial charge < -0.3 is 10.2 Å². The molecule has 2 rings (SSSR count). The Kier molecular flexibility index (Phi) is 5.94. The molecule has 1 aromatic rings. The van der Waals surface area contributed by atoms with Gasteiger partial charge in [-0.25, -0.2) is 4.39 Å². The van der Waals surface area contributed by atoms with E-state index >= 15 is 0 Å². The number of hydrogen-bond acceptors (Lipinski definition) is 3. The van der Waals surface area contributed by atoms with Crippen LogP contribution in [0, 0.1) is 11.2 Å². The molecule has 1 aromatic carbocycles. The van der Waals surface area contributed by atoms with Crippen LogP contribution >= 0.6 is 0 Å². The van der Waals surface area contributed by atoms with E-state index in [0.717, 1.165) is 0 Å². The molecule has 6 heteroatoms. The molecular formula is C18H26FN3O2. The molecule has 1 saturated heterocycles. The third-order valence-corrected chi connectivity index (χ3v) is 4.10. The molecule has 0 unspecified atom stereocenters. The van der Waals surface area contributed by atoms with Gasteiger partial charge in [0.05, 0.1) is 6.54 Å². The fourth-order valence-corrected chi connectivity index (χ4v) is 2.68. The van der Waals surface area contributed by atoms with Crippen LogP contribution in [0.4, 0.5) is 4.39 Å². The Balaban J connectivity index is 1.74. The molecule has 0 spiro atoms. The molecular weight excluding hydrogens is 309 g/mol. The van der Waals surface area contributed by atoms with Crippen LogP contribution in [0.5, 0.6) is 0 Å². The zero-order valence-electron chi connectivity index (χ0n) is 14.6. The van der Waals surface area contributed by atoms with Crippen LogP contribution in [0.25, 0.3) is 0 Å². The van der Waals surface area contributed by atoms with Gasteiger partial charge in [0.15, 0.2) is 0 Å². The Morgan fingerprint density at radius 2 is 1.75 bits per heavy atom. The van der Waals surface area contributed by atoms with Crippen molar-refractivity contribution in [2.75, 3.05) is 32.7 Å². The monoisotopic (exact) mass is 335 g/mol. The summed E-state index contributed by atoms with van der Waals surface area (Å²) in [5.41, 5.74) is 0.102. The average molecular weight is 335 g/mol. The first-order valence-electron chi connectivity index (χ1n) is 8.29. The number of carbonyl (C=O) groups excluding carboxylic acids is 2. The summed E-state index contributed by atoms with van der Waals surface area (Å²) in [6.45, 7) is 8.82. The number of hydrogen-bond donors (Lipinski definition) is 1. The van der Waals surface area contributed by atoms with Gasteiger partial charge in [0, 0.05) is 43.7 Å². The predicted molar refractivity (Wildman–Crippen MR) is 90.7 cm³/mol. The lowest BCUT2D eigenvalue weighted by Crippen LogP contribution is -2.53.